The Hall–Kier alpha value is -3.31. The van der Waals surface area contributed by atoms with Crippen molar-refractivity contribution in [1.29, 1.82) is 0 Å². The SMILES string of the molecule is CCC(Sc1nc(-c2ccccc2)c(-c2ccccc2)[nH]1)C(=O)Nc1cc(C)cc(C)c1. The number of aromatic nitrogens is 2. The molecular weight excluding hydrogens is 414 g/mol. The Morgan fingerprint density at radius 3 is 2.12 bits per heavy atom. The molecule has 1 amide bonds. The number of rotatable bonds is 7. The quantitative estimate of drug-likeness (QED) is 0.308. The van der Waals surface area contributed by atoms with Crippen molar-refractivity contribution in [2.24, 2.45) is 0 Å². The lowest BCUT2D eigenvalue weighted by Gasteiger charge is -2.14. The Morgan fingerprint density at radius 1 is 0.938 bits per heavy atom. The van der Waals surface area contributed by atoms with E-state index in [-0.39, 0.29) is 11.2 Å². The number of benzene rings is 3. The lowest BCUT2D eigenvalue weighted by molar-refractivity contribution is -0.115. The highest BCUT2D eigenvalue weighted by atomic mass is 32.2. The van der Waals surface area contributed by atoms with Crippen molar-refractivity contribution in [2.45, 2.75) is 37.6 Å². The van der Waals surface area contributed by atoms with E-state index in [1.807, 2.05) is 69.3 Å². The second-order valence-corrected chi connectivity index (χ2v) is 9.07. The molecule has 0 aliphatic heterocycles. The summed E-state index contributed by atoms with van der Waals surface area (Å²) in [4.78, 5) is 21.4. The molecule has 4 aromatic rings. The van der Waals surface area contributed by atoms with E-state index in [4.69, 9.17) is 4.98 Å². The average molecular weight is 442 g/mol. The molecule has 0 spiro atoms. The van der Waals surface area contributed by atoms with E-state index in [1.165, 1.54) is 11.8 Å². The maximum atomic E-state index is 13.0. The van der Waals surface area contributed by atoms with Gasteiger partial charge in [0, 0.05) is 16.8 Å². The first-order chi connectivity index (χ1) is 15.5. The molecule has 0 bridgehead atoms. The average Bonchev–Trinajstić information content (AvgIpc) is 3.22. The van der Waals surface area contributed by atoms with Crippen LogP contribution in [0.15, 0.2) is 84.0 Å². The van der Waals surface area contributed by atoms with Crippen LogP contribution >= 0.6 is 11.8 Å². The summed E-state index contributed by atoms with van der Waals surface area (Å²) in [7, 11) is 0. The van der Waals surface area contributed by atoms with Crippen LogP contribution in [0.25, 0.3) is 22.5 Å². The van der Waals surface area contributed by atoms with Gasteiger partial charge in [0.05, 0.1) is 16.6 Å². The molecule has 1 atom stereocenters. The third-order valence-electron chi connectivity index (χ3n) is 5.20. The summed E-state index contributed by atoms with van der Waals surface area (Å²) in [5, 5.41) is 3.56. The van der Waals surface area contributed by atoms with Crippen molar-refractivity contribution in [3.05, 3.63) is 90.0 Å². The molecule has 32 heavy (non-hydrogen) atoms. The van der Waals surface area contributed by atoms with Gasteiger partial charge in [0.2, 0.25) is 5.91 Å². The Morgan fingerprint density at radius 2 is 1.53 bits per heavy atom. The molecule has 1 aromatic heterocycles. The maximum absolute atomic E-state index is 13.0. The second kappa shape index (κ2) is 9.88. The number of amides is 1. The van der Waals surface area contributed by atoms with Crippen molar-refractivity contribution < 1.29 is 4.79 Å². The Balaban J connectivity index is 1.61. The first kappa shape index (κ1) is 21.9. The van der Waals surface area contributed by atoms with E-state index < -0.39 is 0 Å². The number of H-pyrrole nitrogens is 1. The van der Waals surface area contributed by atoms with Crippen LogP contribution in [0.5, 0.6) is 0 Å². The molecule has 5 heteroatoms. The van der Waals surface area contributed by atoms with Gasteiger partial charge in [-0.25, -0.2) is 4.98 Å². The summed E-state index contributed by atoms with van der Waals surface area (Å²) < 4.78 is 0. The maximum Gasteiger partial charge on any atom is 0.237 e. The van der Waals surface area contributed by atoms with Crippen molar-refractivity contribution in [3.63, 3.8) is 0 Å². The Bertz CT molecular complexity index is 1130. The van der Waals surface area contributed by atoms with Crippen LogP contribution in [-0.4, -0.2) is 21.1 Å². The number of carbonyl (C=O) groups is 1. The van der Waals surface area contributed by atoms with Crippen LogP contribution in [0.4, 0.5) is 5.69 Å². The topological polar surface area (TPSA) is 57.8 Å². The van der Waals surface area contributed by atoms with E-state index in [0.717, 1.165) is 44.5 Å². The molecule has 2 N–H and O–H groups in total. The summed E-state index contributed by atoms with van der Waals surface area (Å²) in [5.41, 5.74) is 7.06. The predicted octanol–water partition coefficient (Wildman–Crippen LogP) is 6.87. The lowest BCUT2D eigenvalue weighted by Crippen LogP contribution is -2.24. The van der Waals surface area contributed by atoms with Crippen molar-refractivity contribution in [2.75, 3.05) is 5.32 Å². The molecule has 1 unspecified atom stereocenters. The van der Waals surface area contributed by atoms with Gasteiger partial charge in [-0.2, -0.15) is 0 Å². The number of aromatic amines is 1. The fourth-order valence-corrected chi connectivity index (χ4v) is 4.66. The van der Waals surface area contributed by atoms with Gasteiger partial charge >= 0.3 is 0 Å². The lowest BCUT2D eigenvalue weighted by atomic mass is 10.1. The molecule has 4 rings (SSSR count). The molecule has 0 saturated heterocycles. The third-order valence-corrected chi connectivity index (χ3v) is 6.45. The summed E-state index contributed by atoms with van der Waals surface area (Å²) in [5.74, 6) is -0.0126. The van der Waals surface area contributed by atoms with Crippen molar-refractivity contribution in [1.82, 2.24) is 9.97 Å². The number of hydrogen-bond donors (Lipinski definition) is 2. The van der Waals surface area contributed by atoms with Crippen molar-refractivity contribution in [3.8, 4) is 22.5 Å². The molecular formula is C27H27N3OS. The predicted molar refractivity (Wildman–Crippen MR) is 134 cm³/mol. The summed E-state index contributed by atoms with van der Waals surface area (Å²) >= 11 is 1.47. The molecule has 0 aliphatic rings. The molecule has 162 valence electrons. The molecule has 0 aliphatic carbocycles. The highest BCUT2D eigenvalue weighted by Gasteiger charge is 2.22. The zero-order valence-electron chi connectivity index (χ0n) is 18.6. The number of hydrogen-bond acceptors (Lipinski definition) is 3. The first-order valence-electron chi connectivity index (χ1n) is 10.8. The zero-order chi connectivity index (χ0) is 22.5. The van der Waals surface area contributed by atoms with E-state index in [9.17, 15) is 4.79 Å². The minimum atomic E-state index is -0.255. The highest BCUT2D eigenvalue weighted by molar-refractivity contribution is 8.00. The van der Waals surface area contributed by atoms with Gasteiger partial charge in [-0.1, -0.05) is 85.4 Å². The fourth-order valence-electron chi connectivity index (χ4n) is 3.75. The fraction of sp³-hybridized carbons (Fsp3) is 0.185. The van der Waals surface area contributed by atoms with Crippen molar-refractivity contribution >= 4 is 23.4 Å². The second-order valence-electron chi connectivity index (χ2n) is 7.88. The Kier molecular flexibility index (Phi) is 6.76. The monoisotopic (exact) mass is 441 g/mol. The summed E-state index contributed by atoms with van der Waals surface area (Å²) in [6, 6.07) is 26.4. The van der Waals surface area contributed by atoms with Gasteiger partial charge in [-0.3, -0.25) is 4.79 Å². The van der Waals surface area contributed by atoms with Gasteiger partial charge in [0.1, 0.15) is 0 Å². The smallest absolute Gasteiger partial charge is 0.237 e. The number of aryl methyl sites for hydroxylation is 2. The van der Waals surface area contributed by atoms with Gasteiger partial charge in [0.15, 0.2) is 5.16 Å². The molecule has 1 heterocycles. The first-order valence-corrected chi connectivity index (χ1v) is 11.7. The van der Waals surface area contributed by atoms with E-state index in [2.05, 4.69) is 40.6 Å². The third kappa shape index (κ3) is 5.11. The molecule has 0 saturated carbocycles. The zero-order valence-corrected chi connectivity index (χ0v) is 19.4. The number of anilines is 1. The Labute approximate surface area is 193 Å². The minimum Gasteiger partial charge on any atom is -0.332 e. The molecule has 0 fully saturated rings. The number of nitrogens with one attached hydrogen (secondary N) is 2. The van der Waals surface area contributed by atoms with E-state index >= 15 is 0 Å². The van der Waals surface area contributed by atoms with Crippen LogP contribution in [0.1, 0.15) is 24.5 Å². The van der Waals surface area contributed by atoms with Crippen LogP contribution < -0.4 is 5.32 Å². The van der Waals surface area contributed by atoms with Crippen LogP contribution in [0.2, 0.25) is 0 Å². The highest BCUT2D eigenvalue weighted by Crippen LogP contribution is 2.34. The van der Waals surface area contributed by atoms with Crippen LogP contribution in [-0.2, 0) is 4.79 Å². The number of thioether (sulfide) groups is 1. The molecule has 4 nitrogen and oxygen atoms in total. The summed E-state index contributed by atoms with van der Waals surface area (Å²) in [6.07, 6.45) is 0.698. The van der Waals surface area contributed by atoms with E-state index in [1.54, 1.807) is 0 Å². The van der Waals surface area contributed by atoms with Gasteiger partial charge in [-0.05, 0) is 43.5 Å². The molecule has 0 radical (unpaired) electrons. The van der Waals surface area contributed by atoms with Crippen LogP contribution in [0.3, 0.4) is 0 Å². The number of imidazole rings is 1. The van der Waals surface area contributed by atoms with Gasteiger partial charge in [-0.15, -0.1) is 0 Å². The molecule has 3 aromatic carbocycles. The summed E-state index contributed by atoms with van der Waals surface area (Å²) in [6.45, 7) is 6.10. The number of nitrogens with zero attached hydrogens (tertiary/aromatic N) is 1. The largest absolute Gasteiger partial charge is 0.332 e. The van der Waals surface area contributed by atoms with Crippen LogP contribution in [0, 0.1) is 13.8 Å². The number of carbonyl (C=O) groups excluding carboxylic acids is 1. The van der Waals surface area contributed by atoms with E-state index in [0.29, 0.717) is 6.42 Å². The standard InChI is InChI=1S/C27H27N3OS/c1-4-23(26(31)28-22-16-18(2)15-19(3)17-22)32-27-29-24(20-11-7-5-8-12-20)25(30-27)21-13-9-6-10-14-21/h5-17,23H,4H2,1-3H3,(H,28,31)(H,29,30). The van der Waals surface area contributed by atoms with Gasteiger partial charge in [0.25, 0.3) is 0 Å². The normalized spacial score (nSPS) is 11.8. The van der Waals surface area contributed by atoms with Gasteiger partial charge < -0.3 is 10.3 Å². The minimum absolute atomic E-state index is 0.0126.